The van der Waals surface area contributed by atoms with Gasteiger partial charge in [-0.3, -0.25) is 9.59 Å². The van der Waals surface area contributed by atoms with E-state index >= 15 is 0 Å². The lowest BCUT2D eigenvalue weighted by Gasteiger charge is -2.15. The zero-order valence-corrected chi connectivity index (χ0v) is 12.9. The summed E-state index contributed by atoms with van der Waals surface area (Å²) in [5.41, 5.74) is 0. The topological polar surface area (TPSA) is 88.3 Å². The van der Waals surface area contributed by atoms with E-state index in [0.717, 1.165) is 25.1 Å². The van der Waals surface area contributed by atoms with Gasteiger partial charge in [0.05, 0.1) is 12.5 Å². The van der Waals surface area contributed by atoms with Crippen molar-refractivity contribution in [1.82, 2.24) is 20.4 Å². The number of carbonyl (C=O) groups is 2. The smallest absolute Gasteiger partial charge is 0.241 e. The SMILES string of the molecule is CC(=O)NCC(=O)N1CC[C@H](c2nc(C3CCCC3)no2)C1. The molecule has 22 heavy (non-hydrogen) atoms. The first-order valence-corrected chi connectivity index (χ1v) is 7.99. The minimum absolute atomic E-state index is 0.0548. The lowest BCUT2D eigenvalue weighted by atomic mass is 10.1. The Morgan fingerprint density at radius 1 is 1.27 bits per heavy atom. The standard InChI is InChI=1S/C15H22N4O3/c1-10(20)16-8-13(21)19-7-6-12(9-19)15-17-14(18-22-15)11-4-2-3-5-11/h11-12H,2-9H2,1H3,(H,16,20)/t12-/m0/s1. The quantitative estimate of drug-likeness (QED) is 0.902. The van der Waals surface area contributed by atoms with Gasteiger partial charge in [-0.05, 0) is 19.3 Å². The molecule has 0 unspecified atom stereocenters. The molecule has 120 valence electrons. The number of aromatic nitrogens is 2. The number of likely N-dealkylation sites (tertiary alicyclic amines) is 1. The number of rotatable bonds is 4. The van der Waals surface area contributed by atoms with Crippen LogP contribution in [0.2, 0.25) is 0 Å². The summed E-state index contributed by atoms with van der Waals surface area (Å²) >= 11 is 0. The van der Waals surface area contributed by atoms with E-state index in [0.29, 0.717) is 24.9 Å². The van der Waals surface area contributed by atoms with Crippen molar-refractivity contribution >= 4 is 11.8 Å². The minimum Gasteiger partial charge on any atom is -0.347 e. The van der Waals surface area contributed by atoms with E-state index in [4.69, 9.17) is 4.52 Å². The maximum Gasteiger partial charge on any atom is 0.241 e. The fourth-order valence-corrected chi connectivity index (χ4v) is 3.26. The summed E-state index contributed by atoms with van der Waals surface area (Å²) in [5.74, 6) is 1.78. The van der Waals surface area contributed by atoms with Crippen LogP contribution in [0.5, 0.6) is 0 Å². The average molecular weight is 306 g/mol. The monoisotopic (exact) mass is 306 g/mol. The van der Waals surface area contributed by atoms with Crippen LogP contribution < -0.4 is 5.32 Å². The van der Waals surface area contributed by atoms with E-state index in [2.05, 4.69) is 15.5 Å². The molecule has 2 heterocycles. The fourth-order valence-electron chi connectivity index (χ4n) is 3.26. The van der Waals surface area contributed by atoms with Crippen LogP contribution in [0.3, 0.4) is 0 Å². The average Bonchev–Trinajstić information content (AvgIpc) is 3.23. The molecule has 1 aromatic heterocycles. The maximum atomic E-state index is 12.0. The van der Waals surface area contributed by atoms with E-state index in [9.17, 15) is 9.59 Å². The number of nitrogens with one attached hydrogen (secondary N) is 1. The Morgan fingerprint density at radius 3 is 2.77 bits per heavy atom. The van der Waals surface area contributed by atoms with Crippen LogP contribution >= 0.6 is 0 Å². The van der Waals surface area contributed by atoms with Crippen molar-refractivity contribution in [2.24, 2.45) is 0 Å². The van der Waals surface area contributed by atoms with Crippen LogP contribution in [0, 0.1) is 0 Å². The molecule has 1 saturated carbocycles. The van der Waals surface area contributed by atoms with Gasteiger partial charge >= 0.3 is 0 Å². The third-order valence-corrected chi connectivity index (χ3v) is 4.56. The summed E-state index contributed by atoms with van der Waals surface area (Å²) in [6.45, 7) is 2.72. The molecule has 2 amide bonds. The highest BCUT2D eigenvalue weighted by Crippen LogP contribution is 2.34. The Kier molecular flexibility index (Phi) is 4.40. The van der Waals surface area contributed by atoms with Crippen LogP contribution in [0.1, 0.15) is 62.6 Å². The number of nitrogens with zero attached hydrogens (tertiary/aromatic N) is 3. The zero-order chi connectivity index (χ0) is 15.5. The predicted octanol–water partition coefficient (Wildman–Crippen LogP) is 1.18. The van der Waals surface area contributed by atoms with Crippen LogP contribution in [-0.2, 0) is 9.59 Å². The molecule has 3 rings (SSSR count). The highest BCUT2D eigenvalue weighted by molar-refractivity contribution is 5.83. The second-order valence-corrected chi connectivity index (χ2v) is 6.21. The molecule has 1 atom stereocenters. The van der Waals surface area contributed by atoms with Gasteiger partial charge in [-0.1, -0.05) is 18.0 Å². The molecule has 1 N–H and O–H groups in total. The van der Waals surface area contributed by atoms with E-state index in [1.165, 1.54) is 19.8 Å². The molecular weight excluding hydrogens is 284 g/mol. The third-order valence-electron chi connectivity index (χ3n) is 4.56. The van der Waals surface area contributed by atoms with Gasteiger partial charge in [0.2, 0.25) is 17.7 Å². The van der Waals surface area contributed by atoms with Crippen molar-refractivity contribution in [3.8, 4) is 0 Å². The van der Waals surface area contributed by atoms with Crippen LogP contribution in [0.25, 0.3) is 0 Å². The van der Waals surface area contributed by atoms with Crippen molar-refractivity contribution in [2.75, 3.05) is 19.6 Å². The normalized spacial score (nSPS) is 22.2. The van der Waals surface area contributed by atoms with Crippen molar-refractivity contribution in [1.29, 1.82) is 0 Å². The van der Waals surface area contributed by atoms with Crippen LogP contribution in [-0.4, -0.2) is 46.5 Å². The zero-order valence-electron chi connectivity index (χ0n) is 12.9. The molecule has 1 saturated heterocycles. The Balaban J connectivity index is 1.56. The van der Waals surface area contributed by atoms with Gasteiger partial charge in [0, 0.05) is 25.9 Å². The Hall–Kier alpha value is -1.92. The van der Waals surface area contributed by atoms with E-state index in [-0.39, 0.29) is 24.3 Å². The highest BCUT2D eigenvalue weighted by Gasteiger charge is 2.32. The summed E-state index contributed by atoms with van der Waals surface area (Å²) in [6, 6.07) is 0. The van der Waals surface area contributed by atoms with Gasteiger partial charge in [-0.25, -0.2) is 0 Å². The summed E-state index contributed by atoms with van der Waals surface area (Å²) in [5, 5.41) is 6.66. The lowest BCUT2D eigenvalue weighted by molar-refractivity contribution is -0.131. The van der Waals surface area contributed by atoms with Gasteiger partial charge in [0.25, 0.3) is 0 Å². The van der Waals surface area contributed by atoms with Crippen molar-refractivity contribution in [3.05, 3.63) is 11.7 Å². The lowest BCUT2D eigenvalue weighted by Crippen LogP contribution is -2.38. The molecule has 1 aromatic rings. The number of hydrogen-bond acceptors (Lipinski definition) is 5. The molecule has 0 bridgehead atoms. The van der Waals surface area contributed by atoms with Gasteiger partial charge < -0.3 is 14.7 Å². The first kappa shape index (κ1) is 15.0. The van der Waals surface area contributed by atoms with Crippen LogP contribution in [0.4, 0.5) is 0 Å². The van der Waals surface area contributed by atoms with E-state index in [1.54, 1.807) is 4.90 Å². The molecule has 1 aliphatic heterocycles. The Labute approximate surface area is 129 Å². The summed E-state index contributed by atoms with van der Waals surface area (Å²) in [7, 11) is 0. The molecule has 1 aliphatic carbocycles. The van der Waals surface area contributed by atoms with Crippen molar-refractivity contribution < 1.29 is 14.1 Å². The molecule has 0 spiro atoms. The second-order valence-electron chi connectivity index (χ2n) is 6.21. The number of hydrogen-bond donors (Lipinski definition) is 1. The van der Waals surface area contributed by atoms with Gasteiger partial charge in [0.1, 0.15) is 0 Å². The third kappa shape index (κ3) is 3.28. The van der Waals surface area contributed by atoms with Gasteiger partial charge in [-0.2, -0.15) is 4.98 Å². The molecule has 7 nitrogen and oxygen atoms in total. The maximum absolute atomic E-state index is 12.0. The predicted molar refractivity (Wildman–Crippen MR) is 78.1 cm³/mol. The molecule has 7 heteroatoms. The van der Waals surface area contributed by atoms with Gasteiger partial charge in [0.15, 0.2) is 5.82 Å². The van der Waals surface area contributed by atoms with E-state index in [1.807, 2.05) is 0 Å². The minimum atomic E-state index is -0.192. The van der Waals surface area contributed by atoms with Gasteiger partial charge in [-0.15, -0.1) is 0 Å². The first-order valence-electron chi connectivity index (χ1n) is 7.99. The fraction of sp³-hybridized carbons (Fsp3) is 0.733. The molecule has 2 fully saturated rings. The Morgan fingerprint density at radius 2 is 2.05 bits per heavy atom. The first-order chi connectivity index (χ1) is 10.6. The number of amides is 2. The molecule has 0 radical (unpaired) electrons. The summed E-state index contributed by atoms with van der Waals surface area (Å²) in [6.07, 6.45) is 5.60. The molecule has 0 aromatic carbocycles. The Bertz CT molecular complexity index is 551. The summed E-state index contributed by atoms with van der Waals surface area (Å²) in [4.78, 5) is 29.2. The van der Waals surface area contributed by atoms with Crippen molar-refractivity contribution in [2.45, 2.75) is 50.9 Å². The van der Waals surface area contributed by atoms with Crippen molar-refractivity contribution in [3.63, 3.8) is 0 Å². The molecular formula is C15H22N4O3. The van der Waals surface area contributed by atoms with Crippen LogP contribution in [0.15, 0.2) is 4.52 Å². The highest BCUT2D eigenvalue weighted by atomic mass is 16.5. The number of carbonyl (C=O) groups excluding carboxylic acids is 2. The largest absolute Gasteiger partial charge is 0.347 e. The summed E-state index contributed by atoms with van der Waals surface area (Å²) < 4.78 is 5.42. The second kappa shape index (κ2) is 6.46. The molecule has 2 aliphatic rings. The van der Waals surface area contributed by atoms with E-state index < -0.39 is 0 Å².